The molecule has 1 aromatic carbocycles. The van der Waals surface area contributed by atoms with Crippen molar-refractivity contribution >= 4 is 23.8 Å². The molecule has 0 saturated carbocycles. The van der Waals surface area contributed by atoms with Crippen molar-refractivity contribution in [2.75, 3.05) is 0 Å². The van der Waals surface area contributed by atoms with Crippen LogP contribution < -0.4 is 0 Å². The van der Waals surface area contributed by atoms with E-state index >= 15 is 0 Å². The number of nitrogens with zero attached hydrogens (tertiary/aromatic N) is 1. The highest BCUT2D eigenvalue weighted by atomic mass is 32.2. The number of carbonyl (C=O) groups is 2. The number of carbonyl (C=O) groups excluding carboxylic acids is 1. The van der Waals surface area contributed by atoms with Crippen LogP contribution in [0.2, 0.25) is 0 Å². The van der Waals surface area contributed by atoms with Gasteiger partial charge in [-0.05, 0) is 59.4 Å². The number of ether oxygens (including phenoxy) is 1. The Balaban J connectivity index is 2.17. The van der Waals surface area contributed by atoms with Gasteiger partial charge in [0.25, 0.3) is 0 Å². The van der Waals surface area contributed by atoms with E-state index in [0.29, 0.717) is 19.3 Å². The summed E-state index contributed by atoms with van der Waals surface area (Å²) >= 11 is 1.72. The highest BCUT2D eigenvalue weighted by Crippen LogP contribution is 2.47. The highest BCUT2D eigenvalue weighted by Gasteiger charge is 2.50. The molecule has 1 aromatic rings. The first-order valence-electron chi connectivity index (χ1n) is 11.1. The molecule has 1 aliphatic rings. The minimum absolute atomic E-state index is 0.00747. The van der Waals surface area contributed by atoms with Gasteiger partial charge in [0, 0.05) is 11.2 Å². The lowest BCUT2D eigenvalue weighted by Gasteiger charge is -2.35. The summed E-state index contributed by atoms with van der Waals surface area (Å²) in [6, 6.07) is 9.83. The van der Waals surface area contributed by atoms with E-state index in [-0.39, 0.29) is 28.7 Å². The molecular formula is C24H37NO6S. The van der Waals surface area contributed by atoms with Gasteiger partial charge in [0.1, 0.15) is 5.60 Å². The maximum atomic E-state index is 13.2. The van der Waals surface area contributed by atoms with E-state index in [1.807, 2.05) is 56.0 Å². The number of carboxylic acids is 1. The molecule has 8 heteroatoms. The number of aliphatic hydroxyl groups excluding tert-OH is 2. The third kappa shape index (κ3) is 7.98. The minimum atomic E-state index is -1.10. The summed E-state index contributed by atoms with van der Waals surface area (Å²) in [5.74, 6) is -1.10. The van der Waals surface area contributed by atoms with Gasteiger partial charge in [-0.25, -0.2) is 4.79 Å². The molecule has 1 heterocycles. The number of rotatable bonds is 9. The van der Waals surface area contributed by atoms with Crippen molar-refractivity contribution in [1.82, 2.24) is 4.90 Å². The predicted octanol–water partition coefficient (Wildman–Crippen LogP) is 4.05. The summed E-state index contributed by atoms with van der Waals surface area (Å²) in [5, 5.41) is 28.9. The van der Waals surface area contributed by atoms with Crippen LogP contribution in [-0.4, -0.2) is 66.3 Å². The molecule has 7 nitrogen and oxygen atoms in total. The summed E-state index contributed by atoms with van der Waals surface area (Å²) in [4.78, 5) is 25.8. The molecule has 1 amide bonds. The smallest absolute Gasteiger partial charge is 0.411 e. The zero-order chi connectivity index (χ0) is 24.1. The molecule has 0 bridgehead atoms. The quantitative estimate of drug-likeness (QED) is 0.503. The Morgan fingerprint density at radius 1 is 1.16 bits per heavy atom. The van der Waals surface area contributed by atoms with E-state index in [1.54, 1.807) is 11.8 Å². The summed E-state index contributed by atoms with van der Waals surface area (Å²) in [7, 11) is 0. The Labute approximate surface area is 195 Å². The van der Waals surface area contributed by atoms with Gasteiger partial charge in [0.2, 0.25) is 0 Å². The molecule has 0 radical (unpaired) electrons. The number of hydrogen-bond donors (Lipinski definition) is 3. The van der Waals surface area contributed by atoms with Gasteiger partial charge in [0.15, 0.2) is 0 Å². The van der Waals surface area contributed by atoms with Gasteiger partial charge in [0.05, 0.1) is 30.0 Å². The maximum Gasteiger partial charge on any atom is 0.411 e. The van der Waals surface area contributed by atoms with Crippen LogP contribution in [-0.2, 0) is 16.0 Å². The van der Waals surface area contributed by atoms with Crippen LogP contribution >= 0.6 is 11.8 Å². The van der Waals surface area contributed by atoms with Gasteiger partial charge >= 0.3 is 12.1 Å². The molecular weight excluding hydrogens is 430 g/mol. The topological polar surface area (TPSA) is 107 Å². The fraction of sp³-hybridized carbons (Fsp3) is 0.667. The second-order valence-corrected chi connectivity index (χ2v) is 11.8. The lowest BCUT2D eigenvalue weighted by atomic mass is 9.93. The molecule has 1 aliphatic heterocycles. The Morgan fingerprint density at radius 3 is 2.34 bits per heavy atom. The second-order valence-electron chi connectivity index (χ2n) is 9.99. The zero-order valence-corrected chi connectivity index (χ0v) is 20.5. The average Bonchev–Trinajstić information content (AvgIpc) is 2.88. The Morgan fingerprint density at radius 2 is 1.78 bits per heavy atom. The number of amides is 1. The Bertz CT molecular complexity index is 764. The van der Waals surface area contributed by atoms with Crippen molar-refractivity contribution in [2.24, 2.45) is 0 Å². The highest BCUT2D eigenvalue weighted by molar-refractivity contribution is 8.01. The van der Waals surface area contributed by atoms with Crippen molar-refractivity contribution in [1.29, 1.82) is 0 Å². The molecule has 180 valence electrons. The van der Waals surface area contributed by atoms with E-state index in [2.05, 4.69) is 13.8 Å². The largest absolute Gasteiger partial charge is 0.481 e. The van der Waals surface area contributed by atoms with Crippen molar-refractivity contribution in [3.63, 3.8) is 0 Å². The average molecular weight is 468 g/mol. The molecule has 0 aromatic heterocycles. The molecule has 4 atom stereocenters. The van der Waals surface area contributed by atoms with Crippen LogP contribution in [0.1, 0.15) is 65.9 Å². The lowest BCUT2D eigenvalue weighted by molar-refractivity contribution is -0.139. The molecule has 1 fully saturated rings. The predicted molar refractivity (Wildman–Crippen MR) is 126 cm³/mol. The maximum absolute atomic E-state index is 13.2. The number of benzene rings is 1. The number of hydrogen-bond acceptors (Lipinski definition) is 6. The normalized spacial score (nSPS) is 22.4. The third-order valence-electron chi connectivity index (χ3n) is 5.47. The van der Waals surface area contributed by atoms with Crippen molar-refractivity contribution in [3.8, 4) is 0 Å². The van der Waals surface area contributed by atoms with Crippen LogP contribution in [0.15, 0.2) is 30.3 Å². The molecule has 2 rings (SSSR count). The van der Waals surface area contributed by atoms with E-state index < -0.39 is 30.2 Å². The Hall–Kier alpha value is -1.77. The third-order valence-corrected chi connectivity index (χ3v) is 7.02. The van der Waals surface area contributed by atoms with Gasteiger partial charge in [-0.1, -0.05) is 30.3 Å². The monoisotopic (exact) mass is 467 g/mol. The summed E-state index contributed by atoms with van der Waals surface area (Å²) in [6.45, 7) is 9.71. The van der Waals surface area contributed by atoms with Crippen LogP contribution in [0.5, 0.6) is 0 Å². The fourth-order valence-corrected chi connectivity index (χ4v) is 5.80. The summed E-state index contributed by atoms with van der Waals surface area (Å²) in [6.07, 6.45) is -1.17. The van der Waals surface area contributed by atoms with Crippen LogP contribution in [0.4, 0.5) is 4.79 Å². The number of aliphatic carboxylic acids is 1. The number of carboxylic acid groups (broad SMARTS) is 1. The summed E-state index contributed by atoms with van der Waals surface area (Å²) < 4.78 is 5.47. The molecule has 1 unspecified atom stereocenters. The van der Waals surface area contributed by atoms with Crippen molar-refractivity contribution in [2.45, 2.75) is 101 Å². The molecule has 0 spiro atoms. The van der Waals surface area contributed by atoms with Crippen molar-refractivity contribution < 1.29 is 29.6 Å². The zero-order valence-electron chi connectivity index (χ0n) is 19.7. The van der Waals surface area contributed by atoms with E-state index in [4.69, 9.17) is 9.84 Å². The molecule has 3 N–H and O–H groups in total. The van der Waals surface area contributed by atoms with Crippen LogP contribution in [0.3, 0.4) is 0 Å². The van der Waals surface area contributed by atoms with E-state index in [0.717, 1.165) is 5.56 Å². The van der Waals surface area contributed by atoms with E-state index in [9.17, 15) is 19.8 Å². The summed E-state index contributed by atoms with van der Waals surface area (Å²) in [5.41, 5.74) is 0.503. The first kappa shape index (κ1) is 26.5. The lowest BCUT2D eigenvalue weighted by Crippen LogP contribution is -2.48. The van der Waals surface area contributed by atoms with Gasteiger partial charge in [-0.2, -0.15) is 0 Å². The SMILES string of the molecule is CC(C)(C)OC(=O)N1C(Cc2ccccc2)SC(C)(C)[C@@H]1CC[C@@H](O)C[C@H](O)CC(=O)O. The van der Waals surface area contributed by atoms with Crippen LogP contribution in [0.25, 0.3) is 0 Å². The van der Waals surface area contributed by atoms with Gasteiger partial charge in [-0.15, -0.1) is 11.8 Å². The number of aliphatic hydroxyl groups is 2. The van der Waals surface area contributed by atoms with Crippen LogP contribution in [0, 0.1) is 0 Å². The first-order valence-corrected chi connectivity index (χ1v) is 12.0. The molecule has 0 aliphatic carbocycles. The molecule has 1 saturated heterocycles. The fourth-order valence-electron chi connectivity index (χ4n) is 4.09. The molecule has 32 heavy (non-hydrogen) atoms. The van der Waals surface area contributed by atoms with Crippen molar-refractivity contribution in [3.05, 3.63) is 35.9 Å². The number of thioether (sulfide) groups is 1. The first-order chi connectivity index (χ1) is 14.8. The van der Waals surface area contributed by atoms with Gasteiger partial charge < -0.3 is 20.1 Å². The standard InChI is InChI=1S/C24H37NO6S/c1-23(2,3)31-22(30)25-19(12-11-17(26)14-18(27)15-21(28)29)24(4,5)32-20(25)13-16-9-7-6-8-10-16/h6-10,17-20,26-27H,11-15H2,1-5H3,(H,28,29)/t17-,18+,19+,20?/m1/s1. The Kier molecular flexibility index (Phi) is 9.02. The van der Waals surface area contributed by atoms with E-state index in [1.165, 1.54) is 0 Å². The second kappa shape index (κ2) is 10.9. The van der Waals surface area contributed by atoms with Gasteiger partial charge in [-0.3, -0.25) is 9.69 Å². The minimum Gasteiger partial charge on any atom is -0.481 e.